The van der Waals surface area contributed by atoms with E-state index in [0.717, 1.165) is 42.6 Å². The van der Waals surface area contributed by atoms with E-state index in [0.29, 0.717) is 0 Å². The van der Waals surface area contributed by atoms with E-state index in [1.807, 2.05) is 30.3 Å². The number of hydrogen-bond acceptors (Lipinski definition) is 3. The Labute approximate surface area is 101 Å². The summed E-state index contributed by atoms with van der Waals surface area (Å²) in [6, 6.07) is 9.92. The lowest BCUT2D eigenvalue weighted by atomic mass is 9.96. The van der Waals surface area contributed by atoms with Crippen molar-refractivity contribution >= 4 is 11.7 Å². The van der Waals surface area contributed by atoms with E-state index in [-0.39, 0.29) is 5.97 Å². The number of benzene rings is 1. The van der Waals surface area contributed by atoms with Gasteiger partial charge in [-0.2, -0.15) is 0 Å². The van der Waals surface area contributed by atoms with E-state index in [1.165, 1.54) is 7.11 Å². The summed E-state index contributed by atoms with van der Waals surface area (Å²) in [5, 5.41) is 3.32. The van der Waals surface area contributed by atoms with Gasteiger partial charge in [-0.3, -0.25) is 0 Å². The molecular weight excluding hydrogens is 214 g/mol. The zero-order chi connectivity index (χ0) is 12.1. The monoisotopic (exact) mass is 231 g/mol. The fourth-order valence-electron chi connectivity index (χ4n) is 2.09. The number of methoxy groups -OCH3 is 1. The first kappa shape index (κ1) is 11.7. The van der Waals surface area contributed by atoms with E-state index in [2.05, 4.69) is 5.32 Å². The van der Waals surface area contributed by atoms with Crippen molar-refractivity contribution in [3.63, 3.8) is 0 Å². The summed E-state index contributed by atoms with van der Waals surface area (Å²) in [7, 11) is 1.43. The van der Waals surface area contributed by atoms with Crippen LogP contribution >= 0.6 is 0 Å². The van der Waals surface area contributed by atoms with E-state index in [1.54, 1.807) is 0 Å². The van der Waals surface area contributed by atoms with Crippen molar-refractivity contribution in [1.82, 2.24) is 0 Å². The van der Waals surface area contributed by atoms with Crippen LogP contribution in [-0.4, -0.2) is 13.1 Å². The van der Waals surface area contributed by atoms with E-state index < -0.39 is 0 Å². The van der Waals surface area contributed by atoms with Gasteiger partial charge >= 0.3 is 5.97 Å². The molecule has 1 aromatic carbocycles. The average Bonchev–Trinajstić information content (AvgIpc) is 2.40. The topological polar surface area (TPSA) is 38.3 Å². The predicted octanol–water partition coefficient (Wildman–Crippen LogP) is 3.10. The smallest absolute Gasteiger partial charge is 0.335 e. The Morgan fingerprint density at radius 2 is 1.88 bits per heavy atom. The molecule has 0 unspecified atom stereocenters. The van der Waals surface area contributed by atoms with Gasteiger partial charge in [0.2, 0.25) is 0 Å². The lowest BCUT2D eigenvalue weighted by Crippen LogP contribution is -2.16. The second-order valence-corrected chi connectivity index (χ2v) is 4.15. The molecule has 0 spiro atoms. The van der Waals surface area contributed by atoms with Crippen molar-refractivity contribution in [3.05, 3.63) is 41.6 Å². The Hall–Kier alpha value is -1.77. The maximum absolute atomic E-state index is 11.6. The van der Waals surface area contributed by atoms with Gasteiger partial charge < -0.3 is 10.1 Å². The van der Waals surface area contributed by atoms with Crippen molar-refractivity contribution < 1.29 is 9.53 Å². The summed E-state index contributed by atoms with van der Waals surface area (Å²) >= 11 is 0. The molecule has 0 amide bonds. The first-order valence-electron chi connectivity index (χ1n) is 5.93. The van der Waals surface area contributed by atoms with Crippen LogP contribution in [0.3, 0.4) is 0 Å². The van der Waals surface area contributed by atoms with Crippen LogP contribution < -0.4 is 5.32 Å². The first-order chi connectivity index (χ1) is 8.31. The van der Waals surface area contributed by atoms with E-state index in [4.69, 9.17) is 4.74 Å². The van der Waals surface area contributed by atoms with Crippen LogP contribution in [0.15, 0.2) is 41.6 Å². The number of ether oxygens (including phenoxy) is 1. The van der Waals surface area contributed by atoms with Crippen molar-refractivity contribution in [3.8, 4) is 0 Å². The predicted molar refractivity (Wildman–Crippen MR) is 67.6 cm³/mol. The van der Waals surface area contributed by atoms with Crippen LogP contribution in [0.5, 0.6) is 0 Å². The highest BCUT2D eigenvalue weighted by Gasteiger charge is 2.19. The minimum absolute atomic E-state index is 0.205. The number of esters is 1. The van der Waals surface area contributed by atoms with Crippen LogP contribution in [0, 0.1) is 0 Å². The summed E-state index contributed by atoms with van der Waals surface area (Å²) < 4.78 is 4.82. The number of para-hydroxylation sites is 1. The van der Waals surface area contributed by atoms with Gasteiger partial charge in [0, 0.05) is 11.4 Å². The molecule has 3 heteroatoms. The van der Waals surface area contributed by atoms with E-state index >= 15 is 0 Å². The minimum Gasteiger partial charge on any atom is -0.466 e. The van der Waals surface area contributed by atoms with Crippen LogP contribution in [-0.2, 0) is 9.53 Å². The van der Waals surface area contributed by atoms with Gasteiger partial charge in [0.25, 0.3) is 0 Å². The molecule has 1 aromatic rings. The Morgan fingerprint density at radius 1 is 1.18 bits per heavy atom. The molecule has 0 aliphatic heterocycles. The van der Waals surface area contributed by atoms with Gasteiger partial charge in [0.15, 0.2) is 0 Å². The summed E-state index contributed by atoms with van der Waals surface area (Å²) in [6.07, 6.45) is 3.90. The highest BCUT2D eigenvalue weighted by molar-refractivity contribution is 5.90. The third-order valence-electron chi connectivity index (χ3n) is 2.97. The molecule has 1 aliphatic rings. The molecule has 0 saturated heterocycles. The van der Waals surface area contributed by atoms with Crippen LogP contribution in [0.1, 0.15) is 25.7 Å². The van der Waals surface area contributed by atoms with Crippen LogP contribution in [0.4, 0.5) is 5.69 Å². The molecule has 0 atom stereocenters. The third kappa shape index (κ3) is 2.87. The molecule has 17 heavy (non-hydrogen) atoms. The van der Waals surface area contributed by atoms with Gasteiger partial charge in [-0.05, 0) is 37.8 Å². The molecular formula is C14H17NO2. The fraction of sp³-hybridized carbons (Fsp3) is 0.357. The maximum atomic E-state index is 11.6. The molecule has 0 bridgehead atoms. The molecule has 0 aromatic heterocycles. The van der Waals surface area contributed by atoms with Crippen molar-refractivity contribution in [2.75, 3.05) is 12.4 Å². The number of carbonyl (C=O) groups excluding carboxylic acids is 1. The molecule has 1 aliphatic carbocycles. The molecule has 0 heterocycles. The number of nitrogens with one attached hydrogen (secondary N) is 1. The highest BCUT2D eigenvalue weighted by Crippen LogP contribution is 2.26. The lowest BCUT2D eigenvalue weighted by molar-refractivity contribution is -0.136. The number of anilines is 1. The minimum atomic E-state index is -0.205. The standard InChI is InChI=1S/C14H17NO2/c1-17-14(16)12-9-5-6-10-13(12)15-11-7-3-2-4-8-11/h2-4,7-8,15H,5-6,9-10H2,1H3. The highest BCUT2D eigenvalue weighted by atomic mass is 16.5. The van der Waals surface area contributed by atoms with E-state index in [9.17, 15) is 4.79 Å². The van der Waals surface area contributed by atoms with Crippen LogP contribution in [0.25, 0.3) is 0 Å². The first-order valence-corrected chi connectivity index (χ1v) is 5.93. The lowest BCUT2D eigenvalue weighted by Gasteiger charge is -2.20. The summed E-state index contributed by atoms with van der Waals surface area (Å²) in [5.74, 6) is -0.205. The Kier molecular flexibility index (Phi) is 3.81. The largest absolute Gasteiger partial charge is 0.466 e. The second-order valence-electron chi connectivity index (χ2n) is 4.15. The van der Waals surface area contributed by atoms with Gasteiger partial charge in [-0.15, -0.1) is 0 Å². The Bertz CT molecular complexity index is 423. The fourth-order valence-corrected chi connectivity index (χ4v) is 2.09. The van der Waals surface area contributed by atoms with Crippen molar-refractivity contribution in [1.29, 1.82) is 0 Å². The molecule has 90 valence electrons. The van der Waals surface area contributed by atoms with Crippen molar-refractivity contribution in [2.24, 2.45) is 0 Å². The average molecular weight is 231 g/mol. The third-order valence-corrected chi connectivity index (χ3v) is 2.97. The SMILES string of the molecule is COC(=O)C1=C(Nc2ccccc2)CCCC1. The molecule has 0 fully saturated rings. The van der Waals surface area contributed by atoms with Gasteiger partial charge in [-0.25, -0.2) is 4.79 Å². The number of carbonyl (C=O) groups is 1. The van der Waals surface area contributed by atoms with Gasteiger partial charge in [0.05, 0.1) is 12.7 Å². The number of allylic oxidation sites excluding steroid dienone is 1. The zero-order valence-electron chi connectivity index (χ0n) is 10.0. The Balaban J connectivity index is 2.21. The van der Waals surface area contributed by atoms with Gasteiger partial charge in [0.1, 0.15) is 0 Å². The Morgan fingerprint density at radius 3 is 2.59 bits per heavy atom. The normalized spacial score (nSPS) is 15.6. The van der Waals surface area contributed by atoms with Gasteiger partial charge in [-0.1, -0.05) is 18.2 Å². The molecule has 3 nitrogen and oxygen atoms in total. The molecule has 2 rings (SSSR count). The molecule has 0 radical (unpaired) electrons. The van der Waals surface area contributed by atoms with Crippen LogP contribution in [0.2, 0.25) is 0 Å². The molecule has 0 saturated carbocycles. The summed E-state index contributed by atoms with van der Waals surface area (Å²) in [5.41, 5.74) is 2.82. The maximum Gasteiger partial charge on any atom is 0.335 e. The number of rotatable bonds is 3. The summed E-state index contributed by atoms with van der Waals surface area (Å²) in [4.78, 5) is 11.6. The summed E-state index contributed by atoms with van der Waals surface area (Å²) in [6.45, 7) is 0. The second kappa shape index (κ2) is 5.53. The van der Waals surface area contributed by atoms with Crippen molar-refractivity contribution in [2.45, 2.75) is 25.7 Å². The zero-order valence-corrected chi connectivity index (χ0v) is 10.0. The number of hydrogen-bond donors (Lipinski definition) is 1. The quantitative estimate of drug-likeness (QED) is 0.812. The molecule has 1 N–H and O–H groups in total.